The third kappa shape index (κ3) is 3.58. The van der Waals surface area contributed by atoms with Crippen LogP contribution in [0.2, 0.25) is 0 Å². The lowest BCUT2D eigenvalue weighted by Gasteiger charge is -1.94. The summed E-state index contributed by atoms with van der Waals surface area (Å²) in [5.74, 6) is 1.35. The lowest BCUT2D eigenvalue weighted by atomic mass is 10.2. The van der Waals surface area contributed by atoms with Gasteiger partial charge in [-0.1, -0.05) is 30.0 Å². The number of nitrogens with zero attached hydrogens (tertiary/aromatic N) is 4. The first-order valence-electron chi connectivity index (χ1n) is 7.38. The van der Waals surface area contributed by atoms with Gasteiger partial charge in [0, 0.05) is 11.1 Å². The van der Waals surface area contributed by atoms with Gasteiger partial charge in [0.2, 0.25) is 17.7 Å². The minimum absolute atomic E-state index is 0.316. The monoisotopic (exact) mass is 354 g/mol. The van der Waals surface area contributed by atoms with Crippen LogP contribution in [0, 0.1) is 5.82 Å². The maximum atomic E-state index is 12.9. The van der Waals surface area contributed by atoms with Crippen molar-refractivity contribution >= 4 is 11.8 Å². The molecule has 0 N–H and O–H groups in total. The molecule has 4 rings (SSSR count). The van der Waals surface area contributed by atoms with Crippen molar-refractivity contribution in [1.82, 2.24) is 20.4 Å². The summed E-state index contributed by atoms with van der Waals surface area (Å²) >= 11 is 1.29. The topological polar surface area (TPSA) is 77.8 Å². The highest BCUT2D eigenvalue weighted by Crippen LogP contribution is 2.26. The Hall–Kier alpha value is -3.00. The van der Waals surface area contributed by atoms with Gasteiger partial charge in [0.1, 0.15) is 5.82 Å². The second-order valence-electron chi connectivity index (χ2n) is 5.04. The third-order valence-electron chi connectivity index (χ3n) is 3.30. The van der Waals surface area contributed by atoms with E-state index in [4.69, 9.17) is 8.83 Å². The van der Waals surface area contributed by atoms with E-state index in [1.807, 2.05) is 30.3 Å². The first kappa shape index (κ1) is 15.5. The van der Waals surface area contributed by atoms with Gasteiger partial charge in [0.15, 0.2) is 0 Å². The summed E-state index contributed by atoms with van der Waals surface area (Å²) in [6.07, 6.45) is 0. The minimum Gasteiger partial charge on any atom is -0.420 e. The Balaban J connectivity index is 1.42. The normalized spacial score (nSPS) is 10.9. The summed E-state index contributed by atoms with van der Waals surface area (Å²) in [5, 5.41) is 16.3. The standard InChI is InChI=1S/C17H11FN4O2S/c18-13-8-6-12(7-9-13)16-21-22-17(24-16)25-10-14-19-20-15(23-14)11-4-2-1-3-5-11/h1-9H,10H2. The van der Waals surface area contributed by atoms with Crippen LogP contribution >= 0.6 is 11.8 Å². The molecule has 0 aliphatic heterocycles. The van der Waals surface area contributed by atoms with Gasteiger partial charge >= 0.3 is 0 Å². The number of benzene rings is 2. The lowest BCUT2D eigenvalue weighted by molar-refractivity contribution is 0.464. The highest BCUT2D eigenvalue weighted by atomic mass is 32.2. The molecule has 8 heteroatoms. The first-order chi connectivity index (χ1) is 12.3. The molecule has 0 aliphatic carbocycles. The van der Waals surface area contributed by atoms with Crippen molar-refractivity contribution in [1.29, 1.82) is 0 Å². The van der Waals surface area contributed by atoms with Gasteiger partial charge < -0.3 is 8.83 Å². The van der Waals surface area contributed by atoms with E-state index < -0.39 is 0 Å². The predicted molar refractivity (Wildman–Crippen MR) is 89.0 cm³/mol. The fraction of sp³-hybridized carbons (Fsp3) is 0.0588. The summed E-state index contributed by atoms with van der Waals surface area (Å²) in [6, 6.07) is 15.4. The number of hydrogen-bond acceptors (Lipinski definition) is 7. The van der Waals surface area contributed by atoms with Gasteiger partial charge in [-0.05, 0) is 36.4 Å². The average molecular weight is 354 g/mol. The van der Waals surface area contributed by atoms with E-state index >= 15 is 0 Å². The molecule has 0 unspecified atom stereocenters. The van der Waals surface area contributed by atoms with Crippen molar-refractivity contribution < 1.29 is 13.2 Å². The fourth-order valence-electron chi connectivity index (χ4n) is 2.11. The Morgan fingerprint density at radius 3 is 2.24 bits per heavy atom. The zero-order valence-electron chi connectivity index (χ0n) is 12.8. The van der Waals surface area contributed by atoms with E-state index in [2.05, 4.69) is 20.4 Å². The van der Waals surface area contributed by atoms with Gasteiger partial charge in [-0.2, -0.15) is 0 Å². The average Bonchev–Trinajstić information content (AvgIpc) is 3.31. The molecule has 25 heavy (non-hydrogen) atoms. The number of rotatable bonds is 5. The van der Waals surface area contributed by atoms with Crippen LogP contribution in [-0.2, 0) is 5.75 Å². The predicted octanol–water partition coefficient (Wildman–Crippen LogP) is 4.22. The highest BCUT2D eigenvalue weighted by Gasteiger charge is 2.12. The second kappa shape index (κ2) is 6.86. The van der Waals surface area contributed by atoms with Crippen LogP contribution < -0.4 is 0 Å². The molecule has 2 aromatic carbocycles. The maximum absolute atomic E-state index is 12.9. The van der Waals surface area contributed by atoms with Gasteiger partial charge in [-0.15, -0.1) is 20.4 Å². The molecule has 2 heterocycles. The number of halogens is 1. The first-order valence-corrected chi connectivity index (χ1v) is 8.36. The SMILES string of the molecule is Fc1ccc(-c2nnc(SCc3nnc(-c4ccccc4)o3)o2)cc1. The molecule has 2 aromatic heterocycles. The van der Waals surface area contributed by atoms with E-state index in [-0.39, 0.29) is 5.82 Å². The van der Waals surface area contributed by atoms with Crippen LogP contribution in [0.4, 0.5) is 4.39 Å². The molecule has 4 aromatic rings. The fourth-order valence-corrected chi connectivity index (χ4v) is 2.71. The van der Waals surface area contributed by atoms with E-state index in [1.54, 1.807) is 12.1 Å². The molecule has 0 bridgehead atoms. The Bertz CT molecular complexity index is 970. The van der Waals surface area contributed by atoms with Crippen LogP contribution in [0.15, 0.2) is 68.7 Å². The molecule has 0 saturated carbocycles. The number of aromatic nitrogens is 4. The van der Waals surface area contributed by atoms with Crippen molar-refractivity contribution in [2.24, 2.45) is 0 Å². The Morgan fingerprint density at radius 1 is 0.760 bits per heavy atom. The summed E-state index contributed by atoms with van der Waals surface area (Å²) in [7, 11) is 0. The third-order valence-corrected chi connectivity index (χ3v) is 4.11. The van der Waals surface area contributed by atoms with Gasteiger partial charge in [0.05, 0.1) is 5.75 Å². The summed E-state index contributed by atoms with van der Waals surface area (Å²) in [4.78, 5) is 0. The van der Waals surface area contributed by atoms with Crippen molar-refractivity contribution in [3.63, 3.8) is 0 Å². The molecule has 0 fully saturated rings. The number of hydrogen-bond donors (Lipinski definition) is 0. The molecular weight excluding hydrogens is 343 g/mol. The van der Waals surface area contributed by atoms with Crippen LogP contribution in [0.1, 0.15) is 5.89 Å². The second-order valence-corrected chi connectivity index (χ2v) is 5.96. The molecule has 0 atom stereocenters. The smallest absolute Gasteiger partial charge is 0.277 e. The van der Waals surface area contributed by atoms with Crippen LogP contribution in [0.25, 0.3) is 22.9 Å². The van der Waals surface area contributed by atoms with E-state index in [1.165, 1.54) is 23.9 Å². The molecule has 0 spiro atoms. The molecular formula is C17H11FN4O2S. The van der Waals surface area contributed by atoms with E-state index in [9.17, 15) is 4.39 Å². The van der Waals surface area contributed by atoms with Gasteiger partial charge in [0.25, 0.3) is 5.22 Å². The van der Waals surface area contributed by atoms with Crippen LogP contribution in [0.5, 0.6) is 0 Å². The van der Waals surface area contributed by atoms with Crippen LogP contribution in [-0.4, -0.2) is 20.4 Å². The van der Waals surface area contributed by atoms with Gasteiger partial charge in [-0.3, -0.25) is 0 Å². The summed E-state index contributed by atoms with van der Waals surface area (Å²) < 4.78 is 24.1. The summed E-state index contributed by atoms with van der Waals surface area (Å²) in [5.41, 5.74) is 1.52. The lowest BCUT2D eigenvalue weighted by Crippen LogP contribution is -1.80. The van der Waals surface area contributed by atoms with Crippen molar-refractivity contribution in [2.45, 2.75) is 11.0 Å². The Kier molecular flexibility index (Phi) is 4.26. The summed E-state index contributed by atoms with van der Waals surface area (Å²) in [6.45, 7) is 0. The largest absolute Gasteiger partial charge is 0.420 e. The molecule has 0 amide bonds. The van der Waals surface area contributed by atoms with Crippen LogP contribution in [0.3, 0.4) is 0 Å². The van der Waals surface area contributed by atoms with Crippen molar-refractivity contribution in [3.05, 3.63) is 66.3 Å². The minimum atomic E-state index is -0.316. The number of thioether (sulfide) groups is 1. The molecule has 6 nitrogen and oxygen atoms in total. The zero-order valence-corrected chi connectivity index (χ0v) is 13.6. The van der Waals surface area contributed by atoms with Gasteiger partial charge in [-0.25, -0.2) is 4.39 Å². The van der Waals surface area contributed by atoms with E-state index in [0.717, 1.165) is 5.56 Å². The zero-order chi connectivity index (χ0) is 17.1. The van der Waals surface area contributed by atoms with Crippen molar-refractivity contribution in [3.8, 4) is 22.9 Å². The molecule has 0 radical (unpaired) electrons. The molecule has 0 saturated heterocycles. The molecule has 124 valence electrons. The van der Waals surface area contributed by atoms with E-state index in [0.29, 0.717) is 34.2 Å². The van der Waals surface area contributed by atoms with Crippen molar-refractivity contribution in [2.75, 3.05) is 0 Å². The molecule has 0 aliphatic rings. The maximum Gasteiger partial charge on any atom is 0.277 e. The Labute approximate surface area is 146 Å². The highest BCUT2D eigenvalue weighted by molar-refractivity contribution is 7.98. The Morgan fingerprint density at radius 2 is 1.44 bits per heavy atom. The quantitative estimate of drug-likeness (QED) is 0.497.